The average Bonchev–Trinajstić information content (AvgIpc) is 3.00. The minimum absolute atomic E-state index is 0.0219. The third-order valence-electron chi connectivity index (χ3n) is 5.20. The lowest BCUT2D eigenvalue weighted by atomic mass is 9.91. The van der Waals surface area contributed by atoms with Crippen molar-refractivity contribution in [2.45, 2.75) is 32.0 Å². The van der Waals surface area contributed by atoms with E-state index < -0.39 is 0 Å². The van der Waals surface area contributed by atoms with Crippen LogP contribution in [0.3, 0.4) is 0 Å². The van der Waals surface area contributed by atoms with E-state index in [-0.39, 0.29) is 11.6 Å². The first-order valence-corrected chi connectivity index (χ1v) is 8.36. The number of nitrogens with zero attached hydrogens (tertiary/aromatic N) is 3. The summed E-state index contributed by atoms with van der Waals surface area (Å²) in [6, 6.07) is 7.67. The van der Waals surface area contributed by atoms with E-state index in [1.54, 1.807) is 12.3 Å². The molecule has 1 saturated heterocycles. The van der Waals surface area contributed by atoms with E-state index in [1.165, 1.54) is 0 Å². The van der Waals surface area contributed by atoms with Gasteiger partial charge >= 0.3 is 0 Å². The number of furan rings is 1. The number of hydrogen-bond donors (Lipinski definition) is 1. The topological polar surface area (TPSA) is 61.6 Å². The Balaban J connectivity index is 1.49. The van der Waals surface area contributed by atoms with Crippen molar-refractivity contribution in [3.05, 3.63) is 47.5 Å². The van der Waals surface area contributed by atoms with Crippen molar-refractivity contribution < 1.29 is 9.21 Å². The van der Waals surface area contributed by atoms with E-state index in [1.807, 2.05) is 32.2 Å². The van der Waals surface area contributed by atoms with Gasteiger partial charge < -0.3 is 14.6 Å². The van der Waals surface area contributed by atoms with Crippen molar-refractivity contribution in [1.29, 1.82) is 0 Å². The number of aryl methyl sites for hydroxylation is 1. The predicted molar refractivity (Wildman–Crippen MR) is 90.8 cm³/mol. The molecule has 4 rings (SSSR count). The number of hydrogen-bond acceptors (Lipinski definition) is 5. The first-order chi connectivity index (χ1) is 11.6. The summed E-state index contributed by atoms with van der Waals surface area (Å²) in [5, 5.41) is 3.22. The van der Waals surface area contributed by atoms with Crippen LogP contribution in [0.4, 0.5) is 5.82 Å². The second kappa shape index (κ2) is 5.63. The molecule has 0 atom stereocenters. The van der Waals surface area contributed by atoms with Crippen molar-refractivity contribution in [1.82, 2.24) is 15.2 Å². The maximum absolute atomic E-state index is 12.5. The average molecular weight is 326 g/mol. The molecule has 1 fully saturated rings. The Bertz CT molecular complexity index is 762. The summed E-state index contributed by atoms with van der Waals surface area (Å²) in [6.45, 7) is 4.60. The summed E-state index contributed by atoms with van der Waals surface area (Å²) in [7, 11) is 2.02. The van der Waals surface area contributed by atoms with Crippen molar-refractivity contribution in [2.24, 2.45) is 0 Å². The molecule has 2 aromatic heterocycles. The maximum atomic E-state index is 12.5. The van der Waals surface area contributed by atoms with E-state index in [0.717, 1.165) is 49.8 Å². The highest BCUT2D eigenvalue weighted by molar-refractivity contribution is 6.01. The molecule has 1 N–H and O–H groups in total. The second-order valence-corrected chi connectivity index (χ2v) is 6.71. The van der Waals surface area contributed by atoms with Gasteiger partial charge in [-0.05, 0) is 31.2 Å². The summed E-state index contributed by atoms with van der Waals surface area (Å²) < 4.78 is 5.68. The predicted octanol–water partition coefficient (Wildman–Crippen LogP) is 2.15. The molecule has 24 heavy (non-hydrogen) atoms. The first-order valence-electron chi connectivity index (χ1n) is 8.36. The molecule has 2 aliphatic heterocycles. The first kappa shape index (κ1) is 15.2. The van der Waals surface area contributed by atoms with Crippen molar-refractivity contribution in [3.63, 3.8) is 0 Å². The van der Waals surface area contributed by atoms with Gasteiger partial charge in [-0.25, -0.2) is 4.98 Å². The number of amides is 1. The fourth-order valence-electron chi connectivity index (χ4n) is 3.74. The van der Waals surface area contributed by atoms with Crippen LogP contribution in [0.1, 0.15) is 34.7 Å². The highest BCUT2D eigenvalue weighted by Gasteiger charge is 2.44. The van der Waals surface area contributed by atoms with Gasteiger partial charge in [0, 0.05) is 39.2 Å². The highest BCUT2D eigenvalue weighted by Crippen LogP contribution is 2.35. The Morgan fingerprint density at radius 3 is 2.79 bits per heavy atom. The molecule has 2 aromatic rings. The van der Waals surface area contributed by atoms with E-state index >= 15 is 0 Å². The van der Waals surface area contributed by atoms with E-state index in [9.17, 15) is 4.79 Å². The number of anilines is 1. The largest absolute Gasteiger partial charge is 0.465 e. The number of fused-ring (bicyclic) bond motifs is 1. The van der Waals surface area contributed by atoms with Gasteiger partial charge in [-0.1, -0.05) is 0 Å². The molecule has 0 unspecified atom stereocenters. The smallest absolute Gasteiger partial charge is 0.256 e. The lowest BCUT2D eigenvalue weighted by molar-refractivity contribution is 0.0761. The molecule has 6 nitrogen and oxygen atoms in total. The number of carbonyl (C=O) groups excluding carboxylic acids is 1. The molecular weight excluding hydrogens is 304 g/mol. The lowest BCUT2D eigenvalue weighted by Crippen LogP contribution is -2.66. The Morgan fingerprint density at radius 2 is 2.08 bits per heavy atom. The zero-order chi connectivity index (χ0) is 16.7. The van der Waals surface area contributed by atoms with E-state index in [2.05, 4.69) is 20.1 Å². The fourth-order valence-corrected chi connectivity index (χ4v) is 3.74. The lowest BCUT2D eigenvalue weighted by Gasteiger charge is -2.50. The van der Waals surface area contributed by atoms with Crippen molar-refractivity contribution >= 4 is 11.7 Å². The maximum Gasteiger partial charge on any atom is 0.256 e. The zero-order valence-corrected chi connectivity index (χ0v) is 14.1. The fraction of sp³-hybridized carbons (Fsp3) is 0.444. The molecule has 0 bridgehead atoms. The standard InChI is InChI=1S/C18H22N4O2/c1-13-5-6-14(24-13)12-22-10-7-18(8-11-22)20-17(23)15-4-3-9-19-16(15)21(18)2/h3-6,9H,7-8,10-12H2,1-2H3,(H,20,23). The van der Waals surface area contributed by atoms with Gasteiger partial charge in [-0.2, -0.15) is 0 Å². The molecule has 0 saturated carbocycles. The normalized spacial score (nSPS) is 20.1. The van der Waals surface area contributed by atoms with Crippen molar-refractivity contribution in [2.75, 3.05) is 25.0 Å². The number of aromatic nitrogens is 1. The van der Waals surface area contributed by atoms with Crippen LogP contribution >= 0.6 is 0 Å². The SMILES string of the molecule is Cc1ccc(CN2CCC3(CC2)NC(=O)c2cccnc2N3C)o1. The van der Waals surface area contributed by atoms with Crippen LogP contribution in [0.2, 0.25) is 0 Å². The summed E-state index contributed by atoms with van der Waals surface area (Å²) in [5.74, 6) is 2.69. The molecule has 0 radical (unpaired) electrons. The molecule has 1 spiro atoms. The van der Waals surface area contributed by atoms with Crippen LogP contribution < -0.4 is 10.2 Å². The van der Waals surface area contributed by atoms with Gasteiger partial charge in [0.1, 0.15) is 23.0 Å². The van der Waals surface area contributed by atoms with Crippen LogP contribution in [0.25, 0.3) is 0 Å². The van der Waals surface area contributed by atoms with Gasteiger partial charge in [-0.15, -0.1) is 0 Å². The third kappa shape index (κ3) is 2.47. The molecule has 0 aromatic carbocycles. The number of nitrogens with one attached hydrogen (secondary N) is 1. The molecule has 2 aliphatic rings. The third-order valence-corrected chi connectivity index (χ3v) is 5.20. The Morgan fingerprint density at radius 1 is 1.29 bits per heavy atom. The highest BCUT2D eigenvalue weighted by atomic mass is 16.3. The quantitative estimate of drug-likeness (QED) is 0.916. The van der Waals surface area contributed by atoms with Crippen molar-refractivity contribution in [3.8, 4) is 0 Å². The van der Waals surface area contributed by atoms with E-state index in [0.29, 0.717) is 5.56 Å². The van der Waals surface area contributed by atoms with Gasteiger partial charge in [0.15, 0.2) is 0 Å². The number of piperidine rings is 1. The Kier molecular flexibility index (Phi) is 3.57. The van der Waals surface area contributed by atoms with Gasteiger partial charge in [0.25, 0.3) is 5.91 Å². The summed E-state index contributed by atoms with van der Waals surface area (Å²) >= 11 is 0. The molecular formula is C18H22N4O2. The summed E-state index contributed by atoms with van der Waals surface area (Å²) in [4.78, 5) is 21.4. The van der Waals surface area contributed by atoms with Gasteiger partial charge in [0.05, 0.1) is 12.1 Å². The molecule has 6 heteroatoms. The molecule has 4 heterocycles. The number of pyridine rings is 1. The molecule has 0 aliphatic carbocycles. The second-order valence-electron chi connectivity index (χ2n) is 6.71. The van der Waals surface area contributed by atoms with E-state index in [4.69, 9.17) is 4.42 Å². The minimum Gasteiger partial charge on any atom is -0.465 e. The van der Waals surface area contributed by atoms with Gasteiger partial charge in [0.2, 0.25) is 0 Å². The summed E-state index contributed by atoms with van der Waals surface area (Å²) in [5.41, 5.74) is 0.313. The number of rotatable bonds is 2. The van der Waals surface area contributed by atoms with Crippen LogP contribution in [0.15, 0.2) is 34.9 Å². The number of carbonyl (C=O) groups is 1. The molecule has 126 valence electrons. The van der Waals surface area contributed by atoms with Crippen LogP contribution in [0.5, 0.6) is 0 Å². The van der Waals surface area contributed by atoms with Gasteiger partial charge in [-0.3, -0.25) is 9.69 Å². The van der Waals surface area contributed by atoms with Crippen LogP contribution in [-0.2, 0) is 6.54 Å². The Hall–Kier alpha value is -2.34. The minimum atomic E-state index is -0.339. The monoisotopic (exact) mass is 326 g/mol. The Labute approximate surface area is 141 Å². The van der Waals surface area contributed by atoms with Crippen LogP contribution in [0, 0.1) is 6.92 Å². The zero-order valence-electron chi connectivity index (χ0n) is 14.1. The summed E-state index contributed by atoms with van der Waals surface area (Å²) in [6.07, 6.45) is 3.48. The molecule has 1 amide bonds. The van der Waals surface area contributed by atoms with Crippen LogP contribution in [-0.4, -0.2) is 41.6 Å². The number of likely N-dealkylation sites (tertiary alicyclic amines) is 1.